The molecule has 1 aliphatic rings. The number of aromatic nitrogens is 1. The summed E-state index contributed by atoms with van der Waals surface area (Å²) in [4.78, 5) is 6.67. The van der Waals surface area contributed by atoms with Crippen LogP contribution < -0.4 is 0 Å². The fraction of sp³-hybridized carbons (Fsp3) is 0.583. The summed E-state index contributed by atoms with van der Waals surface area (Å²) in [6, 6.07) is 5.91. The molecule has 3 heteroatoms. The molecule has 0 amide bonds. The van der Waals surface area contributed by atoms with Gasteiger partial charge in [0, 0.05) is 12.7 Å². The molecule has 1 saturated heterocycles. The highest BCUT2D eigenvalue weighted by Gasteiger charge is 2.10. The Morgan fingerprint density at radius 2 is 2.13 bits per heavy atom. The second-order valence-electron chi connectivity index (χ2n) is 3.92. The lowest BCUT2D eigenvalue weighted by Crippen LogP contribution is -2.23. The summed E-state index contributed by atoms with van der Waals surface area (Å²) in [7, 11) is 0. The smallest absolute Gasteiger partial charge is 0.0888 e. The molecule has 0 N–H and O–H groups in total. The average molecular weight is 206 g/mol. The number of hydrogen-bond donors (Lipinski definition) is 0. The molecule has 0 aliphatic carbocycles. The quantitative estimate of drug-likeness (QED) is 0.686. The Morgan fingerprint density at radius 3 is 2.87 bits per heavy atom. The molecule has 82 valence electrons. The van der Waals surface area contributed by atoms with Crippen molar-refractivity contribution in [3.63, 3.8) is 0 Å². The van der Waals surface area contributed by atoms with Gasteiger partial charge in [-0.2, -0.15) is 0 Å². The molecular formula is C12H18N2O. The van der Waals surface area contributed by atoms with Crippen LogP contribution in [0.4, 0.5) is 0 Å². The second-order valence-corrected chi connectivity index (χ2v) is 3.92. The SMILES string of the molecule is c1ccc(COCCN2CCCC2)nc1. The minimum absolute atomic E-state index is 0.634. The van der Waals surface area contributed by atoms with Crippen LogP contribution in [0.2, 0.25) is 0 Å². The number of likely N-dealkylation sites (tertiary alicyclic amines) is 1. The van der Waals surface area contributed by atoms with Crippen molar-refractivity contribution in [2.45, 2.75) is 19.4 Å². The molecule has 1 aromatic heterocycles. The number of rotatable bonds is 5. The molecule has 1 fully saturated rings. The van der Waals surface area contributed by atoms with Crippen LogP contribution in [0.3, 0.4) is 0 Å². The highest BCUT2D eigenvalue weighted by molar-refractivity contribution is 5.01. The molecular weight excluding hydrogens is 188 g/mol. The Kier molecular flexibility index (Phi) is 4.11. The van der Waals surface area contributed by atoms with Gasteiger partial charge >= 0.3 is 0 Å². The Bertz CT molecular complexity index is 270. The van der Waals surface area contributed by atoms with E-state index in [0.29, 0.717) is 6.61 Å². The predicted molar refractivity (Wildman–Crippen MR) is 59.6 cm³/mol. The fourth-order valence-electron chi connectivity index (χ4n) is 1.86. The Morgan fingerprint density at radius 1 is 1.27 bits per heavy atom. The third kappa shape index (κ3) is 3.61. The molecule has 15 heavy (non-hydrogen) atoms. The number of ether oxygens (including phenoxy) is 1. The van der Waals surface area contributed by atoms with E-state index < -0.39 is 0 Å². The summed E-state index contributed by atoms with van der Waals surface area (Å²) in [6.07, 6.45) is 4.50. The molecule has 0 spiro atoms. The van der Waals surface area contributed by atoms with Gasteiger partial charge in [-0.15, -0.1) is 0 Å². The van der Waals surface area contributed by atoms with Gasteiger partial charge < -0.3 is 9.64 Å². The first-order valence-electron chi connectivity index (χ1n) is 5.65. The van der Waals surface area contributed by atoms with Gasteiger partial charge in [-0.25, -0.2) is 0 Å². The predicted octanol–water partition coefficient (Wildman–Crippen LogP) is 1.69. The topological polar surface area (TPSA) is 25.4 Å². The van der Waals surface area contributed by atoms with Crippen LogP contribution in [0.5, 0.6) is 0 Å². The maximum absolute atomic E-state index is 5.58. The lowest BCUT2D eigenvalue weighted by atomic mass is 10.4. The van der Waals surface area contributed by atoms with E-state index >= 15 is 0 Å². The molecule has 0 saturated carbocycles. The van der Waals surface area contributed by atoms with Crippen molar-refractivity contribution < 1.29 is 4.74 Å². The summed E-state index contributed by atoms with van der Waals surface area (Å²) in [6.45, 7) is 5.00. The third-order valence-electron chi connectivity index (χ3n) is 2.73. The number of hydrogen-bond acceptors (Lipinski definition) is 3. The van der Waals surface area contributed by atoms with Gasteiger partial charge in [-0.3, -0.25) is 4.98 Å². The maximum atomic E-state index is 5.58. The number of nitrogens with zero attached hydrogens (tertiary/aromatic N) is 2. The van der Waals surface area contributed by atoms with Gasteiger partial charge in [0.25, 0.3) is 0 Å². The first kappa shape index (κ1) is 10.6. The van der Waals surface area contributed by atoms with Gasteiger partial charge in [-0.1, -0.05) is 6.07 Å². The third-order valence-corrected chi connectivity index (χ3v) is 2.73. The summed E-state index contributed by atoms with van der Waals surface area (Å²) in [5, 5.41) is 0. The van der Waals surface area contributed by atoms with E-state index in [4.69, 9.17) is 4.74 Å². The molecule has 0 unspecified atom stereocenters. The van der Waals surface area contributed by atoms with E-state index in [-0.39, 0.29) is 0 Å². The van der Waals surface area contributed by atoms with E-state index in [1.54, 1.807) is 6.20 Å². The fourth-order valence-corrected chi connectivity index (χ4v) is 1.86. The van der Waals surface area contributed by atoms with Crippen LogP contribution >= 0.6 is 0 Å². The molecule has 1 aliphatic heterocycles. The normalized spacial score (nSPS) is 17.1. The van der Waals surface area contributed by atoms with Gasteiger partial charge in [0.1, 0.15) is 0 Å². The van der Waals surface area contributed by atoms with Crippen molar-refractivity contribution in [2.75, 3.05) is 26.2 Å². The largest absolute Gasteiger partial charge is 0.374 e. The van der Waals surface area contributed by atoms with Crippen LogP contribution in [-0.2, 0) is 11.3 Å². The molecule has 3 nitrogen and oxygen atoms in total. The molecule has 0 radical (unpaired) electrons. The highest BCUT2D eigenvalue weighted by atomic mass is 16.5. The summed E-state index contributed by atoms with van der Waals surface area (Å²) in [5.74, 6) is 0. The van der Waals surface area contributed by atoms with Crippen LogP contribution in [0.15, 0.2) is 24.4 Å². The van der Waals surface area contributed by atoms with Crippen molar-refractivity contribution in [1.82, 2.24) is 9.88 Å². The summed E-state index contributed by atoms with van der Waals surface area (Å²) < 4.78 is 5.58. The van der Waals surface area contributed by atoms with Gasteiger partial charge in [0.05, 0.1) is 18.9 Å². The van der Waals surface area contributed by atoms with Crippen molar-refractivity contribution in [3.8, 4) is 0 Å². The van der Waals surface area contributed by atoms with Crippen molar-refractivity contribution in [3.05, 3.63) is 30.1 Å². The van der Waals surface area contributed by atoms with Crippen LogP contribution in [-0.4, -0.2) is 36.1 Å². The van der Waals surface area contributed by atoms with Crippen molar-refractivity contribution in [1.29, 1.82) is 0 Å². The highest BCUT2D eigenvalue weighted by Crippen LogP contribution is 2.06. The van der Waals surface area contributed by atoms with Gasteiger partial charge in [0.2, 0.25) is 0 Å². The zero-order valence-corrected chi connectivity index (χ0v) is 9.06. The lowest BCUT2D eigenvalue weighted by Gasteiger charge is -2.13. The first-order valence-corrected chi connectivity index (χ1v) is 5.65. The zero-order chi connectivity index (χ0) is 10.3. The van der Waals surface area contributed by atoms with Gasteiger partial charge in [-0.05, 0) is 38.1 Å². The van der Waals surface area contributed by atoms with Crippen LogP contribution in [0, 0.1) is 0 Å². The Labute approximate surface area is 91.1 Å². The second kappa shape index (κ2) is 5.83. The van der Waals surface area contributed by atoms with Gasteiger partial charge in [0.15, 0.2) is 0 Å². The molecule has 0 atom stereocenters. The van der Waals surface area contributed by atoms with E-state index in [2.05, 4.69) is 9.88 Å². The minimum Gasteiger partial charge on any atom is -0.374 e. The zero-order valence-electron chi connectivity index (χ0n) is 9.06. The Hall–Kier alpha value is -0.930. The van der Waals surface area contributed by atoms with E-state index in [1.807, 2.05) is 18.2 Å². The van der Waals surface area contributed by atoms with Crippen LogP contribution in [0.1, 0.15) is 18.5 Å². The Balaban J connectivity index is 1.59. The first-order chi connectivity index (χ1) is 7.45. The summed E-state index contributed by atoms with van der Waals surface area (Å²) in [5.41, 5.74) is 1.01. The molecule has 0 bridgehead atoms. The standard InChI is InChI=1S/C12H18N2O/c1-2-6-13-12(5-1)11-15-10-9-14-7-3-4-8-14/h1-2,5-6H,3-4,7-11H2. The average Bonchev–Trinajstić information content (AvgIpc) is 2.79. The van der Waals surface area contributed by atoms with Crippen molar-refractivity contribution in [2.24, 2.45) is 0 Å². The molecule has 1 aromatic rings. The van der Waals surface area contributed by atoms with E-state index in [9.17, 15) is 0 Å². The molecule has 2 heterocycles. The summed E-state index contributed by atoms with van der Waals surface area (Å²) >= 11 is 0. The lowest BCUT2D eigenvalue weighted by molar-refractivity contribution is 0.0971. The molecule has 2 rings (SSSR count). The minimum atomic E-state index is 0.634. The van der Waals surface area contributed by atoms with Crippen LogP contribution in [0.25, 0.3) is 0 Å². The number of pyridine rings is 1. The van der Waals surface area contributed by atoms with E-state index in [1.165, 1.54) is 25.9 Å². The molecule has 0 aromatic carbocycles. The monoisotopic (exact) mass is 206 g/mol. The van der Waals surface area contributed by atoms with E-state index in [0.717, 1.165) is 18.8 Å². The van der Waals surface area contributed by atoms with Crippen molar-refractivity contribution >= 4 is 0 Å². The maximum Gasteiger partial charge on any atom is 0.0888 e.